The Kier molecular flexibility index (Phi) is 5.11. The number of carbonyl (C=O) groups is 1. The number of aliphatic carboxylic acids is 1. The largest absolute Gasteiger partial charge is 0.496 e. The highest BCUT2D eigenvalue weighted by Gasteiger charge is 2.30. The fourth-order valence-corrected chi connectivity index (χ4v) is 2.83. The molecule has 1 aliphatic rings. The summed E-state index contributed by atoms with van der Waals surface area (Å²) < 4.78 is 5.43. The van der Waals surface area contributed by atoms with E-state index in [1.165, 1.54) is 0 Å². The summed E-state index contributed by atoms with van der Waals surface area (Å²) in [6, 6.07) is 11.4. The molecule has 0 bridgehead atoms. The number of methoxy groups -OCH3 is 1. The van der Waals surface area contributed by atoms with Crippen LogP contribution in [0, 0.1) is 0 Å². The molecule has 1 fully saturated rings. The molecule has 1 atom stereocenters. The first-order valence-corrected chi connectivity index (χ1v) is 7.02. The third-order valence-corrected chi connectivity index (χ3v) is 3.85. The standard InChI is InChI=1S/C16H18N2O3.ClH/c1-21-15-10-12(9-11-5-2-3-6-13(11)15)17-18-8-4-7-14(18)16(19)20;/h2-3,5-6,9-10,14,17H,4,7-8H2,1H3,(H,19,20);1H/t14-;/m0./s1. The Bertz CT molecular complexity index is 677. The second kappa shape index (κ2) is 6.85. The van der Waals surface area contributed by atoms with Crippen LogP contribution in [0.2, 0.25) is 0 Å². The van der Waals surface area contributed by atoms with E-state index in [0.717, 1.165) is 35.2 Å². The van der Waals surface area contributed by atoms with Crippen molar-refractivity contribution in [3.63, 3.8) is 0 Å². The normalized spacial score (nSPS) is 18.0. The molecular formula is C16H19ClN2O3. The Labute approximate surface area is 135 Å². The highest BCUT2D eigenvalue weighted by atomic mass is 35.5. The molecule has 0 saturated carbocycles. The van der Waals surface area contributed by atoms with E-state index in [-0.39, 0.29) is 12.4 Å². The molecule has 22 heavy (non-hydrogen) atoms. The highest BCUT2D eigenvalue weighted by molar-refractivity contribution is 5.91. The number of rotatable bonds is 4. The number of hydrogen-bond acceptors (Lipinski definition) is 4. The molecule has 6 heteroatoms. The molecule has 3 rings (SSSR count). The molecule has 2 aromatic carbocycles. The average molecular weight is 323 g/mol. The number of anilines is 1. The van der Waals surface area contributed by atoms with Crippen LogP contribution in [0.15, 0.2) is 36.4 Å². The fraction of sp³-hybridized carbons (Fsp3) is 0.312. The van der Waals surface area contributed by atoms with Gasteiger partial charge in [0, 0.05) is 18.0 Å². The maximum atomic E-state index is 11.2. The maximum Gasteiger partial charge on any atom is 0.322 e. The summed E-state index contributed by atoms with van der Waals surface area (Å²) in [6.45, 7) is 0.728. The molecular weight excluding hydrogens is 304 g/mol. The number of carboxylic acids is 1. The molecule has 2 aromatic rings. The molecule has 0 spiro atoms. The molecule has 118 valence electrons. The van der Waals surface area contributed by atoms with Gasteiger partial charge in [-0.1, -0.05) is 24.3 Å². The molecule has 0 amide bonds. The van der Waals surface area contributed by atoms with Gasteiger partial charge in [-0.2, -0.15) is 0 Å². The molecule has 2 N–H and O–H groups in total. The van der Waals surface area contributed by atoms with Gasteiger partial charge in [-0.3, -0.25) is 4.79 Å². The van der Waals surface area contributed by atoms with Crippen molar-refractivity contribution in [1.29, 1.82) is 0 Å². The fourth-order valence-electron chi connectivity index (χ4n) is 2.83. The lowest BCUT2D eigenvalue weighted by Gasteiger charge is -2.23. The minimum Gasteiger partial charge on any atom is -0.496 e. The number of carboxylic acid groups (broad SMARTS) is 1. The van der Waals surface area contributed by atoms with Crippen LogP contribution in [-0.4, -0.2) is 35.8 Å². The van der Waals surface area contributed by atoms with Gasteiger partial charge in [-0.25, -0.2) is 5.01 Å². The van der Waals surface area contributed by atoms with E-state index in [2.05, 4.69) is 5.43 Å². The third kappa shape index (κ3) is 3.10. The maximum absolute atomic E-state index is 11.2. The predicted octanol–water partition coefficient (Wildman–Crippen LogP) is 3.15. The molecule has 1 saturated heterocycles. The van der Waals surface area contributed by atoms with Gasteiger partial charge in [0.25, 0.3) is 0 Å². The minimum atomic E-state index is -0.784. The van der Waals surface area contributed by atoms with Crippen molar-refractivity contribution in [3.05, 3.63) is 36.4 Å². The number of benzene rings is 2. The first kappa shape index (κ1) is 16.4. The van der Waals surface area contributed by atoms with Crippen LogP contribution in [0.1, 0.15) is 12.8 Å². The van der Waals surface area contributed by atoms with Gasteiger partial charge in [0.1, 0.15) is 11.8 Å². The first-order chi connectivity index (χ1) is 10.2. The van der Waals surface area contributed by atoms with E-state index in [1.807, 2.05) is 36.4 Å². The Morgan fingerprint density at radius 1 is 1.36 bits per heavy atom. The second-order valence-electron chi connectivity index (χ2n) is 5.20. The monoisotopic (exact) mass is 322 g/mol. The smallest absolute Gasteiger partial charge is 0.322 e. The van der Waals surface area contributed by atoms with Gasteiger partial charge in [0.05, 0.1) is 12.8 Å². The number of ether oxygens (including phenoxy) is 1. The zero-order chi connectivity index (χ0) is 14.8. The molecule has 0 unspecified atom stereocenters. The number of nitrogens with one attached hydrogen (secondary N) is 1. The Morgan fingerprint density at radius 3 is 2.86 bits per heavy atom. The SMILES string of the molecule is COc1cc(NN2CCC[C@H]2C(=O)O)cc2ccccc12.Cl. The van der Waals surface area contributed by atoms with Crippen molar-refractivity contribution in [3.8, 4) is 5.75 Å². The van der Waals surface area contributed by atoms with Crippen molar-refractivity contribution in [1.82, 2.24) is 5.01 Å². The Hall–Kier alpha value is -1.98. The average Bonchev–Trinajstić information content (AvgIpc) is 2.94. The van der Waals surface area contributed by atoms with Crippen LogP contribution < -0.4 is 10.2 Å². The quantitative estimate of drug-likeness (QED) is 0.905. The van der Waals surface area contributed by atoms with Gasteiger partial charge >= 0.3 is 5.97 Å². The zero-order valence-corrected chi connectivity index (χ0v) is 13.1. The summed E-state index contributed by atoms with van der Waals surface area (Å²) in [6.07, 6.45) is 1.56. The van der Waals surface area contributed by atoms with Gasteiger partial charge in [0.2, 0.25) is 0 Å². The van der Waals surface area contributed by atoms with Crippen LogP contribution in [-0.2, 0) is 4.79 Å². The van der Waals surface area contributed by atoms with Crippen molar-refractivity contribution in [2.24, 2.45) is 0 Å². The topological polar surface area (TPSA) is 61.8 Å². The van der Waals surface area contributed by atoms with Crippen molar-refractivity contribution < 1.29 is 14.6 Å². The summed E-state index contributed by atoms with van der Waals surface area (Å²) in [7, 11) is 1.64. The molecule has 5 nitrogen and oxygen atoms in total. The van der Waals surface area contributed by atoms with Gasteiger partial charge in [-0.15, -0.1) is 12.4 Å². The van der Waals surface area contributed by atoms with E-state index >= 15 is 0 Å². The summed E-state index contributed by atoms with van der Waals surface area (Å²) >= 11 is 0. The summed E-state index contributed by atoms with van der Waals surface area (Å²) in [5, 5.41) is 13.1. The second-order valence-corrected chi connectivity index (χ2v) is 5.20. The molecule has 0 aromatic heterocycles. The molecule has 0 radical (unpaired) electrons. The van der Waals surface area contributed by atoms with Gasteiger partial charge in [-0.05, 0) is 24.3 Å². The number of nitrogens with zero attached hydrogens (tertiary/aromatic N) is 1. The molecule has 1 heterocycles. The van der Waals surface area contributed by atoms with Crippen LogP contribution >= 0.6 is 12.4 Å². The highest BCUT2D eigenvalue weighted by Crippen LogP contribution is 2.30. The number of fused-ring (bicyclic) bond motifs is 1. The van der Waals surface area contributed by atoms with Gasteiger partial charge in [0.15, 0.2) is 0 Å². The van der Waals surface area contributed by atoms with Crippen LogP contribution in [0.25, 0.3) is 10.8 Å². The number of hydrogen-bond donors (Lipinski definition) is 2. The molecule has 1 aliphatic heterocycles. The van der Waals surface area contributed by atoms with Gasteiger partial charge < -0.3 is 15.3 Å². The summed E-state index contributed by atoms with van der Waals surface area (Å²) in [5.74, 6) is -0.00516. The van der Waals surface area contributed by atoms with Crippen LogP contribution in [0.4, 0.5) is 5.69 Å². The van der Waals surface area contributed by atoms with E-state index in [1.54, 1.807) is 12.1 Å². The Morgan fingerprint density at radius 2 is 2.14 bits per heavy atom. The van der Waals surface area contributed by atoms with E-state index in [0.29, 0.717) is 6.42 Å². The molecule has 0 aliphatic carbocycles. The van der Waals surface area contributed by atoms with Crippen LogP contribution in [0.3, 0.4) is 0 Å². The third-order valence-electron chi connectivity index (χ3n) is 3.85. The lowest BCUT2D eigenvalue weighted by Crippen LogP contribution is -2.39. The zero-order valence-electron chi connectivity index (χ0n) is 12.3. The van der Waals surface area contributed by atoms with Crippen LogP contribution in [0.5, 0.6) is 5.75 Å². The summed E-state index contributed by atoms with van der Waals surface area (Å²) in [5.41, 5.74) is 4.06. The lowest BCUT2D eigenvalue weighted by molar-refractivity contribution is -0.141. The summed E-state index contributed by atoms with van der Waals surface area (Å²) in [4.78, 5) is 11.2. The van der Waals surface area contributed by atoms with Crippen molar-refractivity contribution in [2.75, 3.05) is 19.1 Å². The minimum absolute atomic E-state index is 0. The Balaban J connectivity index is 0.00000176. The lowest BCUT2D eigenvalue weighted by atomic mass is 10.1. The van der Waals surface area contributed by atoms with E-state index in [9.17, 15) is 9.90 Å². The van der Waals surface area contributed by atoms with E-state index in [4.69, 9.17) is 4.74 Å². The number of halogens is 1. The predicted molar refractivity (Wildman–Crippen MR) is 88.7 cm³/mol. The number of hydrazine groups is 1. The first-order valence-electron chi connectivity index (χ1n) is 7.02. The van der Waals surface area contributed by atoms with Crippen molar-refractivity contribution >= 4 is 34.8 Å². The van der Waals surface area contributed by atoms with E-state index < -0.39 is 12.0 Å². The van der Waals surface area contributed by atoms with Crippen molar-refractivity contribution in [2.45, 2.75) is 18.9 Å².